The van der Waals surface area contributed by atoms with Gasteiger partial charge in [-0.3, -0.25) is 9.59 Å². The average molecular weight is 539 g/mol. The molecule has 0 bridgehead atoms. The maximum Gasteiger partial charge on any atom is 0.404 e. The van der Waals surface area contributed by atoms with Gasteiger partial charge in [-0.25, -0.2) is 0 Å². The van der Waals surface area contributed by atoms with Gasteiger partial charge in [0.2, 0.25) is 5.91 Å². The van der Waals surface area contributed by atoms with Crippen LogP contribution in [0.1, 0.15) is 67.3 Å². The molecule has 2 amide bonds. The van der Waals surface area contributed by atoms with Gasteiger partial charge in [0, 0.05) is 19.6 Å². The quantitative estimate of drug-likeness (QED) is 0.327. The molecule has 1 fully saturated rings. The number of likely N-dealkylation sites (tertiary alicyclic amines) is 1. The molecule has 1 heterocycles. The van der Waals surface area contributed by atoms with Gasteiger partial charge in [-0.1, -0.05) is 55.3 Å². The van der Waals surface area contributed by atoms with E-state index in [1.54, 1.807) is 24.3 Å². The summed E-state index contributed by atoms with van der Waals surface area (Å²) in [6.07, 6.45) is 0.283. The molecule has 9 heteroatoms. The molecule has 0 aromatic heterocycles. The van der Waals surface area contributed by atoms with E-state index in [-0.39, 0.29) is 11.5 Å². The number of carbonyl (C=O) groups is 2. The van der Waals surface area contributed by atoms with Crippen LogP contribution >= 0.6 is 11.6 Å². The van der Waals surface area contributed by atoms with E-state index in [0.717, 1.165) is 25.7 Å². The van der Waals surface area contributed by atoms with Crippen molar-refractivity contribution < 1.29 is 27.5 Å². The Morgan fingerprint density at radius 2 is 1.81 bits per heavy atom. The van der Waals surface area contributed by atoms with Crippen molar-refractivity contribution in [3.8, 4) is 5.75 Å². The molecule has 2 aromatic rings. The summed E-state index contributed by atoms with van der Waals surface area (Å²) in [6, 6.07) is 12.4. The average Bonchev–Trinajstić information content (AvgIpc) is 2.87. The zero-order valence-electron chi connectivity index (χ0n) is 21.0. The molecule has 37 heavy (non-hydrogen) atoms. The third-order valence-corrected chi connectivity index (χ3v) is 6.94. The number of piperidine rings is 1. The molecular formula is C28H34ClF3N2O3. The van der Waals surface area contributed by atoms with Crippen LogP contribution in [0, 0.1) is 5.92 Å². The normalized spacial score (nSPS) is 15.3. The summed E-state index contributed by atoms with van der Waals surface area (Å²) in [5, 5.41) is 3.13. The molecule has 202 valence electrons. The Morgan fingerprint density at radius 3 is 2.43 bits per heavy atom. The van der Waals surface area contributed by atoms with Crippen LogP contribution in [-0.2, 0) is 4.79 Å². The van der Waals surface area contributed by atoms with E-state index in [2.05, 4.69) is 5.32 Å². The van der Waals surface area contributed by atoms with Crippen molar-refractivity contribution in [3.63, 3.8) is 0 Å². The molecule has 1 unspecified atom stereocenters. The first-order valence-corrected chi connectivity index (χ1v) is 13.2. The summed E-state index contributed by atoms with van der Waals surface area (Å²) in [6.45, 7) is 3.75. The standard InChI is InChI=1S/C28H34ClF3N2O3/c1-2-15-33-26(35)23-12-11-22(19-24(23)29)37-18-7-6-8-20-13-16-34(17-14-20)27(36)25(28(30,31)32)21-9-4-3-5-10-21/h3-5,9-12,19-20,25H,2,6-8,13-18H2,1H3,(H,33,35). The van der Waals surface area contributed by atoms with E-state index in [1.807, 2.05) is 6.92 Å². The van der Waals surface area contributed by atoms with Crippen molar-refractivity contribution in [1.29, 1.82) is 0 Å². The Balaban J connectivity index is 1.39. The zero-order valence-corrected chi connectivity index (χ0v) is 21.8. The summed E-state index contributed by atoms with van der Waals surface area (Å²) >= 11 is 6.23. The lowest BCUT2D eigenvalue weighted by atomic mass is 9.90. The number of amides is 2. The van der Waals surface area contributed by atoms with E-state index < -0.39 is 18.0 Å². The minimum atomic E-state index is -4.62. The van der Waals surface area contributed by atoms with Gasteiger partial charge in [0.05, 0.1) is 17.2 Å². The smallest absolute Gasteiger partial charge is 0.404 e. The number of ether oxygens (including phenoxy) is 1. The molecule has 0 radical (unpaired) electrons. The van der Waals surface area contributed by atoms with Crippen molar-refractivity contribution in [2.75, 3.05) is 26.2 Å². The fourth-order valence-electron chi connectivity index (χ4n) is 4.57. The number of hydrogen-bond donors (Lipinski definition) is 1. The number of rotatable bonds is 11. The topological polar surface area (TPSA) is 58.6 Å². The van der Waals surface area contributed by atoms with Gasteiger partial charge < -0.3 is 15.0 Å². The molecule has 1 aliphatic heterocycles. The number of hydrogen-bond acceptors (Lipinski definition) is 3. The highest BCUT2D eigenvalue weighted by atomic mass is 35.5. The first-order chi connectivity index (χ1) is 17.7. The fraction of sp³-hybridized carbons (Fsp3) is 0.500. The van der Waals surface area contributed by atoms with Gasteiger partial charge in [0.1, 0.15) is 5.75 Å². The van der Waals surface area contributed by atoms with E-state index >= 15 is 0 Å². The second kappa shape index (κ2) is 13.7. The predicted molar refractivity (Wildman–Crippen MR) is 138 cm³/mol. The van der Waals surface area contributed by atoms with E-state index in [0.29, 0.717) is 61.3 Å². The Morgan fingerprint density at radius 1 is 1.11 bits per heavy atom. The summed E-state index contributed by atoms with van der Waals surface area (Å²) in [7, 11) is 0. The first-order valence-electron chi connectivity index (χ1n) is 12.8. The van der Waals surface area contributed by atoms with Crippen molar-refractivity contribution >= 4 is 23.4 Å². The number of nitrogens with one attached hydrogen (secondary N) is 1. The van der Waals surface area contributed by atoms with Crippen LogP contribution in [0.4, 0.5) is 13.2 Å². The van der Waals surface area contributed by atoms with Crippen LogP contribution in [0.25, 0.3) is 0 Å². The highest BCUT2D eigenvalue weighted by molar-refractivity contribution is 6.34. The Hall–Kier alpha value is -2.74. The summed E-state index contributed by atoms with van der Waals surface area (Å²) in [5.74, 6) is -2.21. The maximum atomic E-state index is 13.7. The maximum absolute atomic E-state index is 13.7. The van der Waals surface area contributed by atoms with E-state index in [9.17, 15) is 22.8 Å². The first kappa shape index (κ1) is 28.8. The molecule has 1 N–H and O–H groups in total. The number of carbonyl (C=O) groups excluding carboxylic acids is 2. The van der Waals surface area contributed by atoms with Gasteiger partial charge in [0.15, 0.2) is 5.92 Å². The molecule has 3 rings (SSSR count). The monoisotopic (exact) mass is 538 g/mol. The highest BCUT2D eigenvalue weighted by Crippen LogP contribution is 2.37. The van der Waals surface area contributed by atoms with Crippen molar-refractivity contribution in [2.24, 2.45) is 5.92 Å². The highest BCUT2D eigenvalue weighted by Gasteiger charge is 2.47. The Labute approximate surface area is 221 Å². The molecule has 0 saturated carbocycles. The lowest BCUT2D eigenvalue weighted by molar-refractivity contribution is -0.172. The van der Waals surface area contributed by atoms with Crippen molar-refractivity contribution in [1.82, 2.24) is 10.2 Å². The molecule has 1 aliphatic rings. The molecule has 2 aromatic carbocycles. The Kier molecular flexibility index (Phi) is 10.7. The number of benzene rings is 2. The number of unbranched alkanes of at least 4 members (excludes halogenated alkanes) is 1. The van der Waals surface area contributed by atoms with Gasteiger partial charge >= 0.3 is 6.18 Å². The van der Waals surface area contributed by atoms with E-state index in [4.69, 9.17) is 16.3 Å². The minimum absolute atomic E-state index is 0.0159. The minimum Gasteiger partial charge on any atom is -0.494 e. The SMILES string of the molecule is CCCNC(=O)c1ccc(OCCCCC2CCN(C(=O)C(c3ccccc3)C(F)(F)F)CC2)cc1Cl. The Bertz CT molecular complexity index is 1030. The largest absolute Gasteiger partial charge is 0.494 e. The van der Waals surface area contributed by atoms with Crippen LogP contribution in [0.5, 0.6) is 5.75 Å². The second-order valence-electron chi connectivity index (χ2n) is 9.40. The van der Waals surface area contributed by atoms with Crippen molar-refractivity contribution in [3.05, 3.63) is 64.7 Å². The van der Waals surface area contributed by atoms with Gasteiger partial charge in [-0.05, 0) is 61.8 Å². The third-order valence-electron chi connectivity index (χ3n) is 6.63. The van der Waals surface area contributed by atoms with Gasteiger partial charge in [0.25, 0.3) is 5.91 Å². The summed E-state index contributed by atoms with van der Waals surface area (Å²) < 4.78 is 46.8. The molecule has 0 spiro atoms. The summed E-state index contributed by atoms with van der Waals surface area (Å²) in [4.78, 5) is 26.2. The van der Waals surface area contributed by atoms with Crippen LogP contribution < -0.4 is 10.1 Å². The van der Waals surface area contributed by atoms with Gasteiger partial charge in [-0.2, -0.15) is 13.2 Å². The second-order valence-corrected chi connectivity index (χ2v) is 9.80. The van der Waals surface area contributed by atoms with Crippen LogP contribution in [0.2, 0.25) is 5.02 Å². The van der Waals surface area contributed by atoms with Crippen LogP contribution in [-0.4, -0.2) is 49.1 Å². The van der Waals surface area contributed by atoms with Crippen LogP contribution in [0.15, 0.2) is 48.5 Å². The molecule has 1 saturated heterocycles. The molecule has 0 aliphatic carbocycles. The lowest BCUT2D eigenvalue weighted by Crippen LogP contribution is -2.44. The number of halogens is 4. The third kappa shape index (κ3) is 8.38. The number of nitrogens with zero attached hydrogens (tertiary/aromatic N) is 1. The predicted octanol–water partition coefficient (Wildman–Crippen LogP) is 6.61. The van der Waals surface area contributed by atoms with E-state index in [1.165, 1.54) is 29.2 Å². The fourth-order valence-corrected chi connectivity index (χ4v) is 4.83. The molecular weight excluding hydrogens is 505 g/mol. The summed E-state index contributed by atoms with van der Waals surface area (Å²) in [5.41, 5.74) is 0.399. The molecule has 5 nitrogen and oxygen atoms in total. The van der Waals surface area contributed by atoms with Crippen LogP contribution in [0.3, 0.4) is 0 Å². The number of alkyl halides is 3. The molecule has 1 atom stereocenters. The van der Waals surface area contributed by atoms with Gasteiger partial charge in [-0.15, -0.1) is 0 Å². The lowest BCUT2D eigenvalue weighted by Gasteiger charge is -2.35. The van der Waals surface area contributed by atoms with Crippen molar-refractivity contribution in [2.45, 2.75) is 57.5 Å². The zero-order chi connectivity index (χ0) is 26.8.